The minimum atomic E-state index is -1.24. The molecule has 0 saturated heterocycles. The normalized spacial score (nSPS) is 10.2. The van der Waals surface area contributed by atoms with Gasteiger partial charge in [-0.25, -0.2) is 4.79 Å². The van der Waals surface area contributed by atoms with Crippen LogP contribution in [0.2, 0.25) is 0 Å². The van der Waals surface area contributed by atoms with Crippen LogP contribution < -0.4 is 5.73 Å². The number of nitrogen functional groups attached to an aromatic ring is 1. The summed E-state index contributed by atoms with van der Waals surface area (Å²) in [7, 11) is 0. The van der Waals surface area contributed by atoms with Gasteiger partial charge >= 0.3 is 5.97 Å². The first-order valence-corrected chi connectivity index (χ1v) is 5.88. The Labute approximate surface area is 115 Å². The molecule has 0 aliphatic carbocycles. The zero-order valence-corrected chi connectivity index (χ0v) is 10.8. The Kier molecular flexibility index (Phi) is 3.43. The fourth-order valence-corrected chi connectivity index (χ4v) is 1.97. The number of hydrogen-bond acceptors (Lipinski definition) is 4. The lowest BCUT2D eigenvalue weighted by Gasteiger charge is -2.10. The second-order valence-corrected chi connectivity index (χ2v) is 4.42. The van der Waals surface area contributed by atoms with Crippen LogP contribution in [0.4, 0.5) is 5.69 Å². The van der Waals surface area contributed by atoms with E-state index in [-0.39, 0.29) is 28.1 Å². The molecule has 0 saturated carbocycles. The van der Waals surface area contributed by atoms with Crippen LogP contribution in [-0.2, 0) is 0 Å². The summed E-state index contributed by atoms with van der Waals surface area (Å²) >= 11 is 0. The fraction of sp³-hybridized carbons (Fsp3) is 0.0667. The zero-order valence-electron chi connectivity index (χ0n) is 10.8. The zero-order chi connectivity index (χ0) is 14.9. The van der Waals surface area contributed by atoms with E-state index in [4.69, 9.17) is 10.8 Å². The summed E-state index contributed by atoms with van der Waals surface area (Å²) < 4.78 is 0. The van der Waals surface area contributed by atoms with Crippen LogP contribution in [0.5, 0.6) is 5.75 Å². The van der Waals surface area contributed by atoms with Gasteiger partial charge in [0.2, 0.25) is 0 Å². The summed E-state index contributed by atoms with van der Waals surface area (Å²) in [5.41, 5.74) is 6.29. The van der Waals surface area contributed by atoms with E-state index in [1.165, 1.54) is 30.3 Å². The number of aromatic hydroxyl groups is 1. The van der Waals surface area contributed by atoms with Crippen LogP contribution in [0, 0.1) is 6.92 Å². The number of hydrogen-bond donors (Lipinski definition) is 3. The molecule has 2 rings (SSSR count). The average molecular weight is 271 g/mol. The first kappa shape index (κ1) is 13.6. The number of aryl methyl sites for hydroxylation is 1. The van der Waals surface area contributed by atoms with E-state index in [1.807, 2.05) is 0 Å². The largest absolute Gasteiger partial charge is 0.507 e. The second-order valence-electron chi connectivity index (χ2n) is 4.42. The number of rotatable bonds is 3. The van der Waals surface area contributed by atoms with E-state index in [9.17, 15) is 14.7 Å². The van der Waals surface area contributed by atoms with Gasteiger partial charge in [0.15, 0.2) is 5.78 Å². The van der Waals surface area contributed by atoms with Crippen LogP contribution in [0.25, 0.3) is 0 Å². The van der Waals surface area contributed by atoms with Crippen molar-refractivity contribution in [3.8, 4) is 5.75 Å². The standard InChI is InChI=1S/C15H13NO4/c1-8-5-6-9(12(17)7-8)14(18)13-10(15(19)20)3-2-4-11(13)16/h2-7,17H,16H2,1H3,(H,19,20). The van der Waals surface area contributed by atoms with Crippen LogP contribution in [0.1, 0.15) is 31.8 Å². The lowest BCUT2D eigenvalue weighted by molar-refractivity contribution is 0.0693. The lowest BCUT2D eigenvalue weighted by Crippen LogP contribution is -2.12. The van der Waals surface area contributed by atoms with Crippen molar-refractivity contribution in [1.82, 2.24) is 0 Å². The number of anilines is 1. The molecule has 0 amide bonds. The summed E-state index contributed by atoms with van der Waals surface area (Å²) in [6.45, 7) is 1.77. The number of carbonyl (C=O) groups is 2. The molecule has 0 aromatic heterocycles. The van der Waals surface area contributed by atoms with Crippen molar-refractivity contribution in [3.63, 3.8) is 0 Å². The first-order chi connectivity index (χ1) is 9.41. The molecule has 4 N–H and O–H groups in total. The molecule has 20 heavy (non-hydrogen) atoms. The van der Waals surface area contributed by atoms with Crippen LogP contribution in [0.15, 0.2) is 36.4 Å². The van der Waals surface area contributed by atoms with E-state index in [0.29, 0.717) is 0 Å². The monoisotopic (exact) mass is 271 g/mol. The van der Waals surface area contributed by atoms with Gasteiger partial charge in [-0.05, 0) is 36.8 Å². The molecule has 2 aromatic rings. The molecule has 0 unspecified atom stereocenters. The van der Waals surface area contributed by atoms with Crippen molar-refractivity contribution in [2.45, 2.75) is 6.92 Å². The molecule has 2 aromatic carbocycles. The van der Waals surface area contributed by atoms with Gasteiger partial charge in [-0.15, -0.1) is 0 Å². The van der Waals surface area contributed by atoms with Crippen LogP contribution in [0.3, 0.4) is 0 Å². The van der Waals surface area contributed by atoms with E-state index in [2.05, 4.69) is 0 Å². The highest BCUT2D eigenvalue weighted by atomic mass is 16.4. The molecule has 0 spiro atoms. The molecule has 0 aliphatic rings. The summed E-state index contributed by atoms with van der Waals surface area (Å²) in [5.74, 6) is -2.06. The number of ketones is 1. The Balaban J connectivity index is 2.62. The Bertz CT molecular complexity index is 707. The summed E-state index contributed by atoms with van der Waals surface area (Å²) in [4.78, 5) is 23.6. The highest BCUT2D eigenvalue weighted by molar-refractivity contribution is 6.18. The molecule has 102 valence electrons. The van der Waals surface area contributed by atoms with Gasteiger partial charge in [-0.1, -0.05) is 12.1 Å². The summed E-state index contributed by atoms with van der Waals surface area (Å²) in [6.07, 6.45) is 0. The van der Waals surface area contributed by atoms with E-state index < -0.39 is 11.8 Å². The van der Waals surface area contributed by atoms with Crippen LogP contribution >= 0.6 is 0 Å². The predicted octanol–water partition coefficient (Wildman–Crippen LogP) is 2.21. The maximum absolute atomic E-state index is 12.4. The van der Waals surface area contributed by atoms with Gasteiger partial charge in [0.25, 0.3) is 0 Å². The van der Waals surface area contributed by atoms with Crippen molar-refractivity contribution < 1.29 is 19.8 Å². The Hall–Kier alpha value is -2.82. The average Bonchev–Trinajstić information content (AvgIpc) is 2.37. The minimum absolute atomic E-state index is 0.0241. The molecule has 0 fully saturated rings. The molecule has 0 aliphatic heterocycles. The highest BCUT2D eigenvalue weighted by Gasteiger charge is 2.22. The first-order valence-electron chi connectivity index (χ1n) is 5.88. The van der Waals surface area contributed by atoms with E-state index in [1.54, 1.807) is 13.0 Å². The SMILES string of the molecule is Cc1ccc(C(=O)c2c(N)cccc2C(=O)O)c(O)c1. The molecule has 0 heterocycles. The number of carboxylic acids is 1. The molecule has 5 heteroatoms. The van der Waals surface area contributed by atoms with Crippen LogP contribution in [-0.4, -0.2) is 22.0 Å². The number of benzene rings is 2. The van der Waals surface area contributed by atoms with Gasteiger partial charge in [-0.3, -0.25) is 4.79 Å². The number of carboxylic acid groups (broad SMARTS) is 1. The number of phenols is 1. The fourth-order valence-electron chi connectivity index (χ4n) is 1.97. The maximum Gasteiger partial charge on any atom is 0.336 e. The van der Waals surface area contributed by atoms with Gasteiger partial charge in [0.05, 0.1) is 16.7 Å². The van der Waals surface area contributed by atoms with Gasteiger partial charge in [0.1, 0.15) is 5.75 Å². The molecular formula is C15H13NO4. The third kappa shape index (κ3) is 2.33. The Morgan fingerprint density at radius 2 is 1.80 bits per heavy atom. The number of aromatic carboxylic acids is 1. The van der Waals surface area contributed by atoms with Crippen molar-refractivity contribution in [3.05, 3.63) is 58.7 Å². The Morgan fingerprint density at radius 1 is 1.10 bits per heavy atom. The molecule has 0 atom stereocenters. The van der Waals surface area contributed by atoms with Gasteiger partial charge in [0, 0.05) is 5.69 Å². The van der Waals surface area contributed by atoms with Crippen molar-refractivity contribution >= 4 is 17.4 Å². The van der Waals surface area contributed by atoms with E-state index in [0.717, 1.165) is 5.56 Å². The predicted molar refractivity (Wildman–Crippen MR) is 74.1 cm³/mol. The summed E-state index contributed by atoms with van der Waals surface area (Å²) in [5, 5.41) is 19.0. The topological polar surface area (TPSA) is 101 Å². The van der Waals surface area contributed by atoms with Crippen molar-refractivity contribution in [2.24, 2.45) is 0 Å². The smallest absolute Gasteiger partial charge is 0.336 e. The minimum Gasteiger partial charge on any atom is -0.507 e. The van der Waals surface area contributed by atoms with Crippen molar-refractivity contribution in [2.75, 3.05) is 5.73 Å². The molecule has 5 nitrogen and oxygen atoms in total. The quantitative estimate of drug-likeness (QED) is 0.587. The van der Waals surface area contributed by atoms with E-state index >= 15 is 0 Å². The molecule has 0 radical (unpaired) electrons. The summed E-state index contributed by atoms with van der Waals surface area (Å²) in [6, 6.07) is 8.76. The molecular weight excluding hydrogens is 258 g/mol. The van der Waals surface area contributed by atoms with Crippen molar-refractivity contribution in [1.29, 1.82) is 0 Å². The Morgan fingerprint density at radius 3 is 2.40 bits per heavy atom. The van der Waals surface area contributed by atoms with Gasteiger partial charge < -0.3 is 15.9 Å². The third-order valence-electron chi connectivity index (χ3n) is 2.95. The second kappa shape index (κ2) is 5.05. The molecule has 0 bridgehead atoms. The number of nitrogens with two attached hydrogens (primary N) is 1. The lowest BCUT2D eigenvalue weighted by atomic mass is 9.95. The highest BCUT2D eigenvalue weighted by Crippen LogP contribution is 2.26. The number of carbonyl (C=O) groups excluding carboxylic acids is 1. The third-order valence-corrected chi connectivity index (χ3v) is 2.95. The van der Waals surface area contributed by atoms with Gasteiger partial charge in [-0.2, -0.15) is 0 Å². The number of phenolic OH excluding ortho intramolecular Hbond substituents is 1. The maximum atomic E-state index is 12.4.